The highest BCUT2D eigenvalue weighted by Gasteiger charge is 2.17. The number of nitrogens with zero attached hydrogens (tertiary/aromatic N) is 3. The lowest BCUT2D eigenvalue weighted by molar-refractivity contribution is -0.118. The molecule has 1 heterocycles. The fourth-order valence-corrected chi connectivity index (χ4v) is 4.79. The number of Topliss-reactive ketones (excluding diaryl/α,β-unsaturated/α-hetero) is 1. The lowest BCUT2D eigenvalue weighted by atomic mass is 10.1. The van der Waals surface area contributed by atoms with E-state index in [1.165, 1.54) is 18.7 Å². The minimum Gasteiger partial charge on any atom is -0.356 e. The van der Waals surface area contributed by atoms with E-state index in [9.17, 15) is 9.59 Å². The third kappa shape index (κ3) is 5.74. The van der Waals surface area contributed by atoms with Gasteiger partial charge in [-0.05, 0) is 35.0 Å². The maximum Gasteiger partial charge on any atom is 0.216 e. The van der Waals surface area contributed by atoms with Gasteiger partial charge in [0.15, 0.2) is 10.9 Å². The Balaban J connectivity index is 1.58. The summed E-state index contributed by atoms with van der Waals surface area (Å²) in [5.74, 6) is 0.686. The summed E-state index contributed by atoms with van der Waals surface area (Å²) >= 11 is 13.7. The van der Waals surface area contributed by atoms with E-state index in [1.54, 1.807) is 18.2 Å². The van der Waals surface area contributed by atoms with Crippen molar-refractivity contribution >= 4 is 57.4 Å². The molecule has 168 valence electrons. The predicted molar refractivity (Wildman–Crippen MR) is 133 cm³/mol. The SMILES string of the molecule is CC(=O)NCCc1nnc(SCC(=O)c2ccc3ccccc3c2)n1-c1cc(Cl)cc(Cl)c1. The van der Waals surface area contributed by atoms with E-state index in [1.807, 2.05) is 47.0 Å². The van der Waals surface area contributed by atoms with E-state index in [2.05, 4.69) is 15.5 Å². The van der Waals surface area contributed by atoms with Crippen LogP contribution in [0.1, 0.15) is 23.1 Å². The van der Waals surface area contributed by atoms with Crippen molar-refractivity contribution in [3.8, 4) is 5.69 Å². The molecule has 0 unspecified atom stereocenters. The zero-order valence-electron chi connectivity index (χ0n) is 17.7. The first-order valence-electron chi connectivity index (χ1n) is 10.2. The Morgan fingerprint density at radius 1 is 0.970 bits per heavy atom. The van der Waals surface area contributed by atoms with Gasteiger partial charge in [-0.1, -0.05) is 71.4 Å². The fraction of sp³-hybridized carbons (Fsp3) is 0.167. The lowest BCUT2D eigenvalue weighted by Crippen LogP contribution is -2.23. The van der Waals surface area contributed by atoms with Crippen molar-refractivity contribution in [2.75, 3.05) is 12.3 Å². The van der Waals surface area contributed by atoms with Crippen LogP contribution in [0.5, 0.6) is 0 Å². The Hall–Kier alpha value is -2.87. The molecule has 33 heavy (non-hydrogen) atoms. The van der Waals surface area contributed by atoms with E-state index >= 15 is 0 Å². The van der Waals surface area contributed by atoms with Gasteiger partial charge in [0.1, 0.15) is 5.82 Å². The van der Waals surface area contributed by atoms with Gasteiger partial charge in [0.2, 0.25) is 5.91 Å². The smallest absolute Gasteiger partial charge is 0.216 e. The van der Waals surface area contributed by atoms with Crippen molar-refractivity contribution in [1.82, 2.24) is 20.1 Å². The first kappa shape index (κ1) is 23.3. The number of nitrogens with one attached hydrogen (secondary N) is 1. The Labute approximate surface area is 205 Å². The molecule has 1 aromatic heterocycles. The molecular weight excluding hydrogens is 479 g/mol. The molecule has 0 radical (unpaired) electrons. The first-order valence-corrected chi connectivity index (χ1v) is 11.9. The van der Waals surface area contributed by atoms with Gasteiger partial charge >= 0.3 is 0 Å². The van der Waals surface area contributed by atoms with Crippen molar-refractivity contribution in [1.29, 1.82) is 0 Å². The predicted octanol–water partition coefficient (Wildman–Crippen LogP) is 5.38. The summed E-state index contributed by atoms with van der Waals surface area (Å²) < 4.78 is 1.82. The number of ketones is 1. The third-order valence-corrected chi connectivity index (χ3v) is 6.30. The molecule has 9 heteroatoms. The number of hydrogen-bond donors (Lipinski definition) is 1. The topological polar surface area (TPSA) is 76.9 Å². The molecule has 0 aliphatic rings. The summed E-state index contributed by atoms with van der Waals surface area (Å²) in [7, 11) is 0. The van der Waals surface area contributed by atoms with E-state index in [-0.39, 0.29) is 17.4 Å². The van der Waals surface area contributed by atoms with Crippen LogP contribution in [-0.4, -0.2) is 38.8 Å². The Bertz CT molecular complexity index is 1320. The molecule has 0 atom stereocenters. The van der Waals surface area contributed by atoms with Crippen LogP contribution in [-0.2, 0) is 11.2 Å². The summed E-state index contributed by atoms with van der Waals surface area (Å²) in [5.41, 5.74) is 1.33. The molecule has 1 N–H and O–H groups in total. The number of amides is 1. The summed E-state index contributed by atoms with van der Waals surface area (Å²) in [6, 6.07) is 18.8. The molecule has 0 bridgehead atoms. The summed E-state index contributed by atoms with van der Waals surface area (Å²) in [6.07, 6.45) is 0.454. The number of aromatic nitrogens is 3. The monoisotopic (exact) mass is 498 g/mol. The average Bonchev–Trinajstić information content (AvgIpc) is 3.19. The maximum atomic E-state index is 12.9. The molecule has 0 aliphatic carbocycles. The second-order valence-corrected chi connectivity index (χ2v) is 9.18. The molecular formula is C24H20Cl2N4O2S. The van der Waals surface area contributed by atoms with Gasteiger partial charge in [0.25, 0.3) is 0 Å². The van der Waals surface area contributed by atoms with Gasteiger partial charge in [0.05, 0.1) is 11.4 Å². The highest BCUT2D eigenvalue weighted by Crippen LogP contribution is 2.28. The number of benzene rings is 3. The highest BCUT2D eigenvalue weighted by atomic mass is 35.5. The van der Waals surface area contributed by atoms with Gasteiger partial charge in [-0.3, -0.25) is 14.2 Å². The van der Waals surface area contributed by atoms with Crippen LogP contribution in [0.4, 0.5) is 0 Å². The molecule has 4 aromatic rings. The van der Waals surface area contributed by atoms with Crippen LogP contribution in [0.2, 0.25) is 10.0 Å². The number of thioether (sulfide) groups is 1. The number of carbonyl (C=O) groups is 2. The number of halogens is 2. The van der Waals surface area contributed by atoms with Gasteiger partial charge < -0.3 is 5.32 Å². The van der Waals surface area contributed by atoms with E-state index in [4.69, 9.17) is 23.2 Å². The average molecular weight is 499 g/mol. The van der Waals surface area contributed by atoms with Crippen LogP contribution < -0.4 is 5.32 Å². The number of carbonyl (C=O) groups excluding carboxylic acids is 2. The Morgan fingerprint density at radius 3 is 2.42 bits per heavy atom. The molecule has 0 spiro atoms. The van der Waals surface area contributed by atoms with Crippen LogP contribution in [0.15, 0.2) is 65.8 Å². The minimum absolute atomic E-state index is 0.00998. The molecule has 0 fully saturated rings. The van der Waals surface area contributed by atoms with Crippen LogP contribution >= 0.6 is 35.0 Å². The largest absolute Gasteiger partial charge is 0.356 e. The van der Waals surface area contributed by atoms with Crippen LogP contribution in [0.3, 0.4) is 0 Å². The zero-order valence-corrected chi connectivity index (χ0v) is 20.0. The zero-order chi connectivity index (χ0) is 23.4. The summed E-state index contributed by atoms with van der Waals surface area (Å²) in [6.45, 7) is 1.86. The lowest BCUT2D eigenvalue weighted by Gasteiger charge is -2.11. The van der Waals surface area contributed by atoms with Gasteiger partial charge in [-0.25, -0.2) is 0 Å². The summed E-state index contributed by atoms with van der Waals surface area (Å²) in [5, 5.41) is 14.9. The normalized spacial score (nSPS) is 11.0. The number of hydrogen-bond acceptors (Lipinski definition) is 5. The number of fused-ring (bicyclic) bond motifs is 1. The van der Waals surface area contributed by atoms with Crippen molar-refractivity contribution in [3.05, 3.63) is 82.1 Å². The Kier molecular flexibility index (Phi) is 7.33. The maximum absolute atomic E-state index is 12.9. The van der Waals surface area contributed by atoms with E-state index in [0.717, 1.165) is 10.8 Å². The first-order chi connectivity index (χ1) is 15.9. The molecule has 1 amide bonds. The molecule has 4 rings (SSSR count). The summed E-state index contributed by atoms with van der Waals surface area (Å²) in [4.78, 5) is 24.2. The molecule has 0 saturated heterocycles. The molecule has 3 aromatic carbocycles. The third-order valence-electron chi connectivity index (χ3n) is 4.93. The van der Waals surface area contributed by atoms with Crippen molar-refractivity contribution in [2.45, 2.75) is 18.5 Å². The van der Waals surface area contributed by atoms with Crippen molar-refractivity contribution in [3.63, 3.8) is 0 Å². The van der Waals surface area contributed by atoms with Crippen molar-refractivity contribution < 1.29 is 9.59 Å². The number of rotatable bonds is 8. The molecule has 0 saturated carbocycles. The van der Waals surface area contributed by atoms with Gasteiger partial charge in [-0.15, -0.1) is 10.2 Å². The van der Waals surface area contributed by atoms with Crippen LogP contribution in [0, 0.1) is 0 Å². The molecule has 0 aliphatic heterocycles. The van der Waals surface area contributed by atoms with Crippen LogP contribution in [0.25, 0.3) is 16.5 Å². The fourth-order valence-electron chi connectivity index (χ4n) is 3.41. The highest BCUT2D eigenvalue weighted by molar-refractivity contribution is 7.99. The standard InChI is InChI=1S/C24H20Cl2N4O2S/c1-15(31)27-9-8-23-28-29-24(30(23)21-12-19(25)11-20(26)13-21)33-14-22(32)18-7-6-16-4-2-3-5-17(16)10-18/h2-7,10-13H,8-9,14H2,1H3,(H,27,31). The van der Waals surface area contributed by atoms with Gasteiger partial charge in [0, 0.05) is 35.5 Å². The quantitative estimate of drug-likeness (QED) is 0.260. The van der Waals surface area contributed by atoms with E-state index in [0.29, 0.717) is 45.2 Å². The molecule has 6 nitrogen and oxygen atoms in total. The van der Waals surface area contributed by atoms with Crippen molar-refractivity contribution in [2.24, 2.45) is 0 Å². The van der Waals surface area contributed by atoms with E-state index < -0.39 is 0 Å². The minimum atomic E-state index is -0.123. The second kappa shape index (κ2) is 10.4. The Morgan fingerprint density at radius 2 is 1.70 bits per heavy atom. The second-order valence-electron chi connectivity index (χ2n) is 7.37. The van der Waals surface area contributed by atoms with Gasteiger partial charge in [-0.2, -0.15) is 0 Å².